The van der Waals surface area contributed by atoms with E-state index < -0.39 is 10.0 Å². The number of sulfonamides is 1. The van der Waals surface area contributed by atoms with Crippen LogP contribution in [0, 0.1) is 0 Å². The molecule has 1 aromatic carbocycles. The quantitative estimate of drug-likeness (QED) is 0.787. The monoisotopic (exact) mass is 298 g/mol. The van der Waals surface area contributed by atoms with E-state index in [0.29, 0.717) is 11.4 Å². The smallest absolute Gasteiger partial charge is 0.240 e. The van der Waals surface area contributed by atoms with Crippen molar-refractivity contribution in [2.24, 2.45) is 5.14 Å². The molecule has 0 unspecified atom stereocenters. The highest BCUT2D eigenvalue weighted by atomic mass is 32.2. The van der Waals surface area contributed by atoms with E-state index in [4.69, 9.17) is 10.9 Å². The van der Waals surface area contributed by atoms with E-state index in [2.05, 4.69) is 16.7 Å². The third-order valence-electron chi connectivity index (χ3n) is 3.54. The fourth-order valence-corrected chi connectivity index (χ4v) is 3.34. The maximum absolute atomic E-state index is 11.7. The molecule has 20 heavy (non-hydrogen) atoms. The van der Waals surface area contributed by atoms with E-state index in [1.54, 1.807) is 12.1 Å². The van der Waals surface area contributed by atoms with Crippen LogP contribution in [0.5, 0.6) is 0 Å². The minimum absolute atomic E-state index is 0.112. The van der Waals surface area contributed by atoms with Crippen molar-refractivity contribution < 1.29 is 8.42 Å². The molecule has 1 fully saturated rings. The molecule has 0 aromatic heterocycles. The van der Waals surface area contributed by atoms with Gasteiger partial charge < -0.3 is 10.6 Å². The summed E-state index contributed by atoms with van der Waals surface area (Å²) in [5, 5.41) is 5.29. The lowest BCUT2D eigenvalue weighted by Gasteiger charge is -2.36. The van der Waals surface area contributed by atoms with Crippen LogP contribution in [0.1, 0.15) is 13.3 Å². The molecule has 0 amide bonds. The lowest BCUT2D eigenvalue weighted by atomic mass is 10.2. The molecule has 0 spiro atoms. The van der Waals surface area contributed by atoms with Crippen LogP contribution in [0.4, 0.5) is 11.4 Å². The zero-order chi connectivity index (χ0) is 14.8. The van der Waals surface area contributed by atoms with Crippen LogP contribution < -0.4 is 15.8 Å². The van der Waals surface area contributed by atoms with Crippen LogP contribution >= 0.6 is 0 Å². The van der Waals surface area contributed by atoms with Crippen molar-refractivity contribution in [3.8, 4) is 0 Å². The second-order valence-corrected chi connectivity index (χ2v) is 6.63. The Kier molecular flexibility index (Phi) is 4.52. The summed E-state index contributed by atoms with van der Waals surface area (Å²) in [5.74, 6) is 0. The van der Waals surface area contributed by atoms with E-state index in [0.717, 1.165) is 39.1 Å². The Bertz CT molecular complexity index is 566. The number of rotatable bonds is 4. The van der Waals surface area contributed by atoms with Gasteiger partial charge in [0.2, 0.25) is 10.0 Å². The average Bonchev–Trinajstić information content (AvgIpc) is 2.39. The Morgan fingerprint density at radius 1 is 1.20 bits per heavy atom. The van der Waals surface area contributed by atoms with Gasteiger partial charge in [-0.3, -0.25) is 4.90 Å². The number of primary sulfonamides is 1. The highest BCUT2D eigenvalue weighted by Crippen LogP contribution is 2.27. The van der Waals surface area contributed by atoms with Crippen LogP contribution in [0.2, 0.25) is 0 Å². The standard InChI is InChI=1S/C13H22N4O2S/c1-2-5-16-6-8-17(9-7-16)12-4-3-11(14)10-13(12)20(15,18)19/h3-4,10H,2,5-9,14H2,1H3,(H2,15,18,19). The van der Waals surface area contributed by atoms with E-state index in [1.165, 1.54) is 6.07 Å². The Morgan fingerprint density at radius 3 is 2.40 bits per heavy atom. The first-order valence-electron chi connectivity index (χ1n) is 6.81. The van der Waals surface area contributed by atoms with Crippen LogP contribution in [0.25, 0.3) is 0 Å². The van der Waals surface area contributed by atoms with Gasteiger partial charge in [0.25, 0.3) is 0 Å². The normalized spacial score (nSPS) is 17.4. The van der Waals surface area contributed by atoms with Crippen molar-refractivity contribution in [1.82, 2.24) is 4.90 Å². The highest BCUT2D eigenvalue weighted by Gasteiger charge is 2.22. The summed E-state index contributed by atoms with van der Waals surface area (Å²) in [5.41, 5.74) is 6.72. The van der Waals surface area contributed by atoms with Crippen molar-refractivity contribution in [2.75, 3.05) is 43.4 Å². The molecule has 0 aliphatic carbocycles. The molecular weight excluding hydrogens is 276 g/mol. The second kappa shape index (κ2) is 5.99. The van der Waals surface area contributed by atoms with Gasteiger partial charge in [-0.15, -0.1) is 0 Å². The topological polar surface area (TPSA) is 92.7 Å². The zero-order valence-electron chi connectivity index (χ0n) is 11.7. The molecule has 0 bridgehead atoms. The molecule has 1 heterocycles. The van der Waals surface area contributed by atoms with Gasteiger partial charge in [-0.25, -0.2) is 13.6 Å². The SMILES string of the molecule is CCCN1CCN(c2ccc(N)cc2S(N)(=O)=O)CC1. The molecule has 112 valence electrons. The largest absolute Gasteiger partial charge is 0.399 e. The summed E-state index contributed by atoms with van der Waals surface area (Å²) in [6.45, 7) is 6.70. The van der Waals surface area contributed by atoms with Gasteiger partial charge in [0.05, 0.1) is 5.69 Å². The number of nitrogens with zero attached hydrogens (tertiary/aromatic N) is 2. The maximum Gasteiger partial charge on any atom is 0.240 e. The van der Waals surface area contributed by atoms with Gasteiger partial charge in [-0.1, -0.05) is 6.92 Å². The number of piperazine rings is 1. The molecule has 0 atom stereocenters. The summed E-state index contributed by atoms with van der Waals surface area (Å²) in [6.07, 6.45) is 1.13. The number of benzene rings is 1. The molecule has 1 aliphatic heterocycles. The van der Waals surface area contributed by atoms with Crippen molar-refractivity contribution in [2.45, 2.75) is 18.2 Å². The van der Waals surface area contributed by atoms with Gasteiger partial charge in [0, 0.05) is 31.9 Å². The molecule has 2 rings (SSSR count). The van der Waals surface area contributed by atoms with Gasteiger partial charge in [0.1, 0.15) is 4.90 Å². The second-order valence-electron chi connectivity index (χ2n) is 5.10. The summed E-state index contributed by atoms with van der Waals surface area (Å²) in [4.78, 5) is 4.55. The number of nitrogens with two attached hydrogens (primary N) is 2. The average molecular weight is 298 g/mol. The lowest BCUT2D eigenvalue weighted by molar-refractivity contribution is 0.258. The molecule has 4 N–H and O–H groups in total. The summed E-state index contributed by atoms with van der Waals surface area (Å²) in [6, 6.07) is 4.88. The predicted molar refractivity (Wildman–Crippen MR) is 81.2 cm³/mol. The molecule has 1 aromatic rings. The first kappa shape index (κ1) is 15.1. The Balaban J connectivity index is 2.22. The minimum Gasteiger partial charge on any atom is -0.399 e. The molecule has 0 radical (unpaired) electrons. The highest BCUT2D eigenvalue weighted by molar-refractivity contribution is 7.89. The van der Waals surface area contributed by atoms with E-state index in [1.807, 2.05) is 0 Å². The van der Waals surface area contributed by atoms with Crippen LogP contribution in [-0.4, -0.2) is 46.0 Å². The van der Waals surface area contributed by atoms with Crippen molar-refractivity contribution in [3.05, 3.63) is 18.2 Å². The maximum atomic E-state index is 11.7. The Morgan fingerprint density at radius 2 is 1.85 bits per heavy atom. The summed E-state index contributed by atoms with van der Waals surface area (Å²) < 4.78 is 23.4. The van der Waals surface area contributed by atoms with Crippen LogP contribution in [0.3, 0.4) is 0 Å². The molecule has 7 heteroatoms. The third-order valence-corrected chi connectivity index (χ3v) is 4.48. The van der Waals surface area contributed by atoms with Gasteiger partial charge >= 0.3 is 0 Å². The number of anilines is 2. The van der Waals surface area contributed by atoms with Crippen molar-refractivity contribution >= 4 is 21.4 Å². The van der Waals surface area contributed by atoms with Crippen LogP contribution in [0.15, 0.2) is 23.1 Å². The predicted octanol–water partition coefficient (Wildman–Crippen LogP) is 0.448. The van der Waals surface area contributed by atoms with E-state index in [9.17, 15) is 8.42 Å². The molecule has 0 saturated carbocycles. The fourth-order valence-electron chi connectivity index (χ4n) is 2.55. The molecule has 1 aliphatic rings. The van der Waals surface area contributed by atoms with Gasteiger partial charge in [-0.2, -0.15) is 0 Å². The van der Waals surface area contributed by atoms with Crippen molar-refractivity contribution in [3.63, 3.8) is 0 Å². The van der Waals surface area contributed by atoms with E-state index in [-0.39, 0.29) is 4.90 Å². The Hall–Kier alpha value is -1.31. The first-order chi connectivity index (χ1) is 9.41. The van der Waals surface area contributed by atoms with Crippen molar-refractivity contribution in [1.29, 1.82) is 0 Å². The minimum atomic E-state index is -3.76. The third kappa shape index (κ3) is 3.41. The number of nitrogen functional groups attached to an aromatic ring is 1. The molecule has 6 nitrogen and oxygen atoms in total. The van der Waals surface area contributed by atoms with Gasteiger partial charge in [0.15, 0.2) is 0 Å². The lowest BCUT2D eigenvalue weighted by Crippen LogP contribution is -2.47. The zero-order valence-corrected chi connectivity index (χ0v) is 12.6. The summed E-state index contributed by atoms with van der Waals surface area (Å²) in [7, 11) is -3.76. The van der Waals surface area contributed by atoms with E-state index >= 15 is 0 Å². The fraction of sp³-hybridized carbons (Fsp3) is 0.538. The number of hydrogen-bond donors (Lipinski definition) is 2. The summed E-state index contributed by atoms with van der Waals surface area (Å²) >= 11 is 0. The molecular formula is C13H22N4O2S. The Labute approximate surface area is 120 Å². The first-order valence-corrected chi connectivity index (χ1v) is 8.36. The van der Waals surface area contributed by atoms with Gasteiger partial charge in [-0.05, 0) is 31.2 Å². The number of hydrogen-bond acceptors (Lipinski definition) is 5. The van der Waals surface area contributed by atoms with Crippen LogP contribution in [-0.2, 0) is 10.0 Å². The molecule has 1 saturated heterocycles.